The maximum atomic E-state index is 13.9. The molecule has 0 saturated carbocycles. The van der Waals surface area contributed by atoms with E-state index in [2.05, 4.69) is 31.1 Å². The minimum Gasteiger partial charge on any atom is -0.349 e. The fourth-order valence-corrected chi connectivity index (χ4v) is 3.29. The van der Waals surface area contributed by atoms with E-state index in [-0.39, 0.29) is 5.82 Å². The number of anilines is 1. The normalized spacial score (nSPS) is 10.7. The minimum absolute atomic E-state index is 0.296. The van der Waals surface area contributed by atoms with E-state index in [0.29, 0.717) is 10.6 Å². The Morgan fingerprint density at radius 3 is 2.74 bits per heavy atom. The van der Waals surface area contributed by atoms with Gasteiger partial charge in [-0.05, 0) is 42.3 Å². The minimum atomic E-state index is -0.296. The fourth-order valence-electron chi connectivity index (χ4n) is 2.08. The van der Waals surface area contributed by atoms with Gasteiger partial charge in [-0.15, -0.1) is 10.2 Å². The highest BCUT2D eigenvalue weighted by Gasteiger charge is 2.14. The van der Waals surface area contributed by atoms with Crippen molar-refractivity contribution in [1.29, 1.82) is 0 Å². The first-order valence-electron chi connectivity index (χ1n) is 7.02. The molecule has 0 unspecified atom stereocenters. The molecule has 0 spiro atoms. The Labute approximate surface area is 146 Å². The third-order valence-electron chi connectivity index (χ3n) is 3.38. The summed E-state index contributed by atoms with van der Waals surface area (Å²) in [5.74, 6) is -0.296. The summed E-state index contributed by atoms with van der Waals surface area (Å²) in [6.07, 6.45) is 4.46. The molecule has 0 saturated heterocycles. The second-order valence-corrected chi connectivity index (χ2v) is 6.91. The van der Waals surface area contributed by atoms with Gasteiger partial charge in [0.15, 0.2) is 5.01 Å². The molecule has 4 nitrogen and oxygen atoms in total. The molecule has 2 aromatic heterocycles. The molecule has 7 heteroatoms. The van der Waals surface area contributed by atoms with Crippen LogP contribution >= 0.6 is 27.3 Å². The molecule has 0 fully saturated rings. The van der Waals surface area contributed by atoms with Crippen LogP contribution in [0, 0.1) is 5.82 Å². The van der Waals surface area contributed by atoms with Crippen LogP contribution in [0.2, 0.25) is 0 Å². The van der Waals surface area contributed by atoms with Crippen molar-refractivity contribution >= 4 is 32.4 Å². The number of rotatable bonds is 5. The number of nitrogens with zero attached hydrogens (tertiary/aromatic N) is 4. The van der Waals surface area contributed by atoms with E-state index in [1.165, 1.54) is 23.0 Å². The summed E-state index contributed by atoms with van der Waals surface area (Å²) in [5, 5.41) is 9.65. The van der Waals surface area contributed by atoms with Crippen molar-refractivity contribution in [3.63, 3.8) is 0 Å². The van der Waals surface area contributed by atoms with Gasteiger partial charge < -0.3 is 4.90 Å². The zero-order valence-corrected chi connectivity index (χ0v) is 14.8. The van der Waals surface area contributed by atoms with Crippen molar-refractivity contribution in [2.45, 2.75) is 6.42 Å². The van der Waals surface area contributed by atoms with Crippen LogP contribution in [0.4, 0.5) is 9.52 Å². The quantitative estimate of drug-likeness (QED) is 0.652. The van der Waals surface area contributed by atoms with E-state index in [9.17, 15) is 4.39 Å². The van der Waals surface area contributed by atoms with Crippen molar-refractivity contribution in [2.24, 2.45) is 0 Å². The van der Waals surface area contributed by atoms with Crippen molar-refractivity contribution in [1.82, 2.24) is 15.2 Å². The summed E-state index contributed by atoms with van der Waals surface area (Å²) < 4.78 is 14.8. The highest BCUT2D eigenvalue weighted by molar-refractivity contribution is 9.10. The zero-order valence-electron chi connectivity index (χ0n) is 12.4. The van der Waals surface area contributed by atoms with Crippen LogP contribution in [0.1, 0.15) is 5.56 Å². The van der Waals surface area contributed by atoms with Gasteiger partial charge in [0.1, 0.15) is 5.82 Å². The predicted molar refractivity (Wildman–Crippen MR) is 94.2 cm³/mol. The van der Waals surface area contributed by atoms with Gasteiger partial charge in [0.2, 0.25) is 5.13 Å². The molecule has 0 bridgehead atoms. The Morgan fingerprint density at radius 1 is 1.17 bits per heavy atom. The monoisotopic (exact) mass is 392 g/mol. The smallest absolute Gasteiger partial charge is 0.208 e. The van der Waals surface area contributed by atoms with Gasteiger partial charge in [-0.3, -0.25) is 4.98 Å². The molecule has 118 valence electrons. The van der Waals surface area contributed by atoms with Crippen LogP contribution in [0.5, 0.6) is 0 Å². The second-order valence-electron chi connectivity index (χ2n) is 5.04. The molecule has 1 aromatic carbocycles. The average molecular weight is 393 g/mol. The first-order valence-corrected chi connectivity index (χ1v) is 8.63. The van der Waals surface area contributed by atoms with Crippen LogP contribution in [0.3, 0.4) is 0 Å². The van der Waals surface area contributed by atoms with E-state index >= 15 is 0 Å². The SMILES string of the molecule is CN(CCc1ccncc1)c1nnc(-c2cc(Br)ccc2F)s1. The van der Waals surface area contributed by atoms with Crippen molar-refractivity contribution in [3.8, 4) is 10.6 Å². The molecule has 0 aliphatic rings. The maximum Gasteiger partial charge on any atom is 0.208 e. The van der Waals surface area contributed by atoms with E-state index in [0.717, 1.165) is 22.6 Å². The Bertz CT molecular complexity index is 794. The standard InChI is InChI=1S/C16H14BrFN4S/c1-22(9-6-11-4-7-19-8-5-11)16-21-20-15(23-16)13-10-12(17)2-3-14(13)18/h2-5,7-8,10H,6,9H2,1H3. The zero-order chi connectivity index (χ0) is 16.2. The molecule has 3 rings (SSSR count). The Kier molecular flexibility index (Phi) is 4.97. The van der Waals surface area contributed by atoms with Crippen LogP contribution in [-0.4, -0.2) is 28.8 Å². The van der Waals surface area contributed by atoms with Crippen LogP contribution in [-0.2, 0) is 6.42 Å². The van der Waals surface area contributed by atoms with E-state index in [4.69, 9.17) is 0 Å². The van der Waals surface area contributed by atoms with Crippen molar-refractivity contribution < 1.29 is 4.39 Å². The van der Waals surface area contributed by atoms with E-state index in [1.807, 2.05) is 24.1 Å². The number of pyridine rings is 1. The summed E-state index contributed by atoms with van der Waals surface area (Å²) >= 11 is 4.74. The molecule has 0 radical (unpaired) electrons. The third-order valence-corrected chi connectivity index (χ3v) is 4.95. The number of hydrogen-bond donors (Lipinski definition) is 0. The highest BCUT2D eigenvalue weighted by atomic mass is 79.9. The lowest BCUT2D eigenvalue weighted by molar-refractivity contribution is 0.630. The summed E-state index contributed by atoms with van der Waals surface area (Å²) in [4.78, 5) is 6.03. The Morgan fingerprint density at radius 2 is 1.96 bits per heavy atom. The van der Waals surface area contributed by atoms with Crippen LogP contribution < -0.4 is 4.90 Å². The maximum absolute atomic E-state index is 13.9. The molecule has 0 aliphatic heterocycles. The van der Waals surface area contributed by atoms with Crippen LogP contribution in [0.25, 0.3) is 10.6 Å². The van der Waals surface area contributed by atoms with Crippen molar-refractivity contribution in [3.05, 3.63) is 58.6 Å². The van der Waals surface area contributed by atoms with E-state index < -0.39 is 0 Å². The lowest BCUT2D eigenvalue weighted by Gasteiger charge is -2.14. The fraction of sp³-hybridized carbons (Fsp3) is 0.188. The Hall–Kier alpha value is -1.86. The first kappa shape index (κ1) is 16.0. The molecule has 0 amide bonds. The summed E-state index contributed by atoms with van der Waals surface area (Å²) in [5.41, 5.74) is 1.68. The molecule has 0 aliphatic carbocycles. The lowest BCUT2D eigenvalue weighted by Crippen LogP contribution is -2.20. The highest BCUT2D eigenvalue weighted by Crippen LogP contribution is 2.31. The molecular weight excluding hydrogens is 379 g/mol. The lowest BCUT2D eigenvalue weighted by atomic mass is 10.2. The predicted octanol–water partition coefficient (Wildman–Crippen LogP) is 4.18. The van der Waals surface area contributed by atoms with Gasteiger partial charge in [0.25, 0.3) is 0 Å². The Balaban J connectivity index is 1.72. The number of benzene rings is 1. The van der Waals surface area contributed by atoms with Gasteiger partial charge in [-0.2, -0.15) is 0 Å². The van der Waals surface area contributed by atoms with Crippen molar-refractivity contribution in [2.75, 3.05) is 18.5 Å². The van der Waals surface area contributed by atoms with Gasteiger partial charge >= 0.3 is 0 Å². The van der Waals surface area contributed by atoms with Gasteiger partial charge in [0.05, 0.1) is 0 Å². The molecule has 0 atom stereocenters. The van der Waals surface area contributed by atoms with Crippen LogP contribution in [0.15, 0.2) is 47.2 Å². The van der Waals surface area contributed by atoms with Gasteiger partial charge in [-0.25, -0.2) is 4.39 Å². The first-order chi connectivity index (χ1) is 11.1. The summed E-state index contributed by atoms with van der Waals surface area (Å²) in [6.45, 7) is 0.805. The third kappa shape index (κ3) is 3.92. The molecule has 2 heterocycles. The number of likely N-dealkylation sites (N-methyl/N-ethyl adjacent to an activating group) is 1. The number of aromatic nitrogens is 3. The topological polar surface area (TPSA) is 41.9 Å². The number of halogens is 2. The summed E-state index contributed by atoms with van der Waals surface area (Å²) in [6, 6.07) is 8.80. The molecule has 3 aromatic rings. The largest absolute Gasteiger partial charge is 0.349 e. The van der Waals surface area contributed by atoms with E-state index in [1.54, 1.807) is 24.5 Å². The molecule has 23 heavy (non-hydrogen) atoms. The molecule has 0 N–H and O–H groups in total. The van der Waals surface area contributed by atoms with Gasteiger partial charge in [-0.1, -0.05) is 27.3 Å². The second kappa shape index (κ2) is 7.14. The molecular formula is C16H14BrFN4S. The summed E-state index contributed by atoms with van der Waals surface area (Å²) in [7, 11) is 1.96. The average Bonchev–Trinajstić information content (AvgIpc) is 3.06. The van der Waals surface area contributed by atoms with Gasteiger partial charge in [0, 0.05) is 36.0 Å². The number of hydrogen-bond acceptors (Lipinski definition) is 5.